The molecule has 0 saturated carbocycles. The van der Waals surface area contributed by atoms with Gasteiger partial charge in [-0.25, -0.2) is 4.39 Å². The molecule has 0 spiro atoms. The van der Waals surface area contributed by atoms with Crippen molar-refractivity contribution in [2.45, 2.75) is 13.0 Å². The third-order valence-electron chi connectivity index (χ3n) is 5.91. The standard InChI is InChI=1S/C25H22FN5O/c1-4-16-7-5-8-17-9-6-10-18(20(16)17)22-21(26)23-19(14-28-22)24(30-25(29-23)32-3)31-12-11-27-13-15(31)2/h1,5-10,14-15,27H,11-13H2,2-3H3. The Hall–Kier alpha value is -3.76. The lowest BCUT2D eigenvalue weighted by Gasteiger charge is -2.35. The van der Waals surface area contributed by atoms with Crippen LogP contribution in [0.4, 0.5) is 10.2 Å². The fourth-order valence-electron chi connectivity index (χ4n) is 4.33. The number of methoxy groups -OCH3 is 1. The van der Waals surface area contributed by atoms with Crippen molar-refractivity contribution in [1.82, 2.24) is 20.3 Å². The number of hydrogen-bond acceptors (Lipinski definition) is 6. The molecule has 1 unspecified atom stereocenters. The lowest BCUT2D eigenvalue weighted by molar-refractivity contribution is 0.380. The molecule has 1 aliphatic rings. The van der Waals surface area contributed by atoms with Gasteiger partial charge in [0.25, 0.3) is 0 Å². The SMILES string of the molecule is C#Cc1cccc2cccc(-c3ncc4c(N5CCNCC5C)nc(OC)nc4c3F)c12. The van der Waals surface area contributed by atoms with E-state index in [-0.39, 0.29) is 23.3 Å². The van der Waals surface area contributed by atoms with E-state index < -0.39 is 5.82 Å². The summed E-state index contributed by atoms with van der Waals surface area (Å²) in [5.74, 6) is 2.81. The lowest BCUT2D eigenvalue weighted by atomic mass is 9.97. The summed E-state index contributed by atoms with van der Waals surface area (Å²) in [4.78, 5) is 15.6. The molecule has 1 N–H and O–H groups in total. The number of piperazine rings is 1. The molecule has 160 valence electrons. The highest BCUT2D eigenvalue weighted by Gasteiger charge is 2.25. The van der Waals surface area contributed by atoms with Crippen LogP contribution in [0.25, 0.3) is 32.9 Å². The number of terminal acetylenes is 1. The molecule has 2 aromatic carbocycles. The van der Waals surface area contributed by atoms with Gasteiger partial charge in [0.2, 0.25) is 0 Å². The van der Waals surface area contributed by atoms with E-state index in [4.69, 9.17) is 11.2 Å². The minimum absolute atomic E-state index is 0.122. The van der Waals surface area contributed by atoms with Crippen LogP contribution in [-0.2, 0) is 0 Å². The number of hydrogen-bond donors (Lipinski definition) is 1. The molecule has 4 aromatic rings. The Morgan fingerprint density at radius 3 is 2.78 bits per heavy atom. The first-order valence-electron chi connectivity index (χ1n) is 10.5. The van der Waals surface area contributed by atoms with Crippen LogP contribution in [0.15, 0.2) is 42.6 Å². The van der Waals surface area contributed by atoms with E-state index in [0.717, 1.165) is 30.4 Å². The van der Waals surface area contributed by atoms with Crippen molar-refractivity contribution >= 4 is 27.5 Å². The molecule has 1 fully saturated rings. The van der Waals surface area contributed by atoms with E-state index in [0.29, 0.717) is 22.3 Å². The van der Waals surface area contributed by atoms with Crippen molar-refractivity contribution in [3.8, 4) is 29.6 Å². The van der Waals surface area contributed by atoms with Crippen molar-refractivity contribution in [3.05, 3.63) is 54.0 Å². The van der Waals surface area contributed by atoms with Gasteiger partial charge < -0.3 is 15.0 Å². The molecule has 3 heterocycles. The average Bonchev–Trinajstić information content (AvgIpc) is 2.83. The minimum Gasteiger partial charge on any atom is -0.467 e. The summed E-state index contributed by atoms with van der Waals surface area (Å²) in [5, 5.41) is 5.63. The number of anilines is 1. The number of nitrogens with one attached hydrogen (secondary N) is 1. The van der Waals surface area contributed by atoms with Crippen LogP contribution in [-0.4, -0.2) is 47.7 Å². The molecule has 7 heteroatoms. The normalized spacial score (nSPS) is 16.3. The number of ether oxygens (including phenoxy) is 1. The van der Waals surface area contributed by atoms with E-state index in [1.165, 1.54) is 7.11 Å². The van der Waals surface area contributed by atoms with Crippen LogP contribution in [0.1, 0.15) is 12.5 Å². The zero-order valence-corrected chi connectivity index (χ0v) is 17.9. The van der Waals surface area contributed by atoms with Crippen LogP contribution in [0.2, 0.25) is 0 Å². The zero-order valence-electron chi connectivity index (χ0n) is 17.9. The van der Waals surface area contributed by atoms with E-state index in [9.17, 15) is 0 Å². The summed E-state index contributed by atoms with van der Waals surface area (Å²) in [7, 11) is 1.48. The minimum atomic E-state index is -0.522. The molecule has 1 atom stereocenters. The fourth-order valence-corrected chi connectivity index (χ4v) is 4.33. The summed E-state index contributed by atoms with van der Waals surface area (Å²) in [6, 6.07) is 11.7. The van der Waals surface area contributed by atoms with Crippen LogP contribution in [0.3, 0.4) is 0 Å². The lowest BCUT2D eigenvalue weighted by Crippen LogP contribution is -2.50. The van der Waals surface area contributed by atoms with Gasteiger partial charge in [-0.15, -0.1) is 6.42 Å². The number of fused-ring (bicyclic) bond motifs is 2. The highest BCUT2D eigenvalue weighted by Crippen LogP contribution is 2.36. The Balaban J connectivity index is 1.77. The molecular formula is C25H22FN5O. The second-order valence-corrected chi connectivity index (χ2v) is 7.82. The van der Waals surface area contributed by atoms with Gasteiger partial charge in [0, 0.05) is 48.4 Å². The van der Waals surface area contributed by atoms with Gasteiger partial charge in [-0.05, 0) is 18.4 Å². The van der Waals surface area contributed by atoms with Crippen LogP contribution < -0.4 is 15.0 Å². The Bertz CT molecular complexity index is 1380. The Kier molecular flexibility index (Phi) is 5.08. The monoisotopic (exact) mass is 427 g/mol. The van der Waals surface area contributed by atoms with Crippen molar-refractivity contribution < 1.29 is 9.13 Å². The maximum atomic E-state index is 16.0. The van der Waals surface area contributed by atoms with E-state index >= 15 is 4.39 Å². The van der Waals surface area contributed by atoms with E-state index in [2.05, 4.69) is 38.0 Å². The van der Waals surface area contributed by atoms with Gasteiger partial charge >= 0.3 is 6.01 Å². The molecule has 1 aliphatic heterocycles. The van der Waals surface area contributed by atoms with Crippen molar-refractivity contribution in [2.75, 3.05) is 31.6 Å². The average molecular weight is 427 g/mol. The van der Waals surface area contributed by atoms with Crippen molar-refractivity contribution in [3.63, 3.8) is 0 Å². The number of rotatable bonds is 3. The third kappa shape index (κ3) is 3.20. The third-order valence-corrected chi connectivity index (χ3v) is 5.91. The smallest absolute Gasteiger partial charge is 0.318 e. The Morgan fingerprint density at radius 1 is 1.22 bits per heavy atom. The maximum absolute atomic E-state index is 16.0. The van der Waals surface area contributed by atoms with Gasteiger partial charge in [-0.3, -0.25) is 4.98 Å². The van der Waals surface area contributed by atoms with Crippen molar-refractivity contribution in [2.24, 2.45) is 0 Å². The molecule has 1 saturated heterocycles. The van der Waals surface area contributed by atoms with Gasteiger partial charge in [0.1, 0.15) is 17.0 Å². The first kappa shape index (κ1) is 20.2. The highest BCUT2D eigenvalue weighted by atomic mass is 19.1. The quantitative estimate of drug-likeness (QED) is 0.502. The summed E-state index contributed by atoms with van der Waals surface area (Å²) in [5.41, 5.74) is 1.70. The van der Waals surface area contributed by atoms with E-state index in [1.807, 2.05) is 36.4 Å². The summed E-state index contributed by atoms with van der Waals surface area (Å²) in [6.07, 6.45) is 7.38. The predicted molar refractivity (Wildman–Crippen MR) is 124 cm³/mol. The molecular weight excluding hydrogens is 405 g/mol. The molecule has 0 amide bonds. The first-order chi connectivity index (χ1) is 15.6. The maximum Gasteiger partial charge on any atom is 0.318 e. The molecule has 6 nitrogen and oxygen atoms in total. The zero-order chi connectivity index (χ0) is 22.2. The second kappa shape index (κ2) is 8.06. The molecule has 0 radical (unpaired) electrons. The Labute approximate surface area is 185 Å². The topological polar surface area (TPSA) is 63.2 Å². The summed E-state index contributed by atoms with van der Waals surface area (Å²) < 4.78 is 21.3. The van der Waals surface area contributed by atoms with Crippen LogP contribution in [0.5, 0.6) is 6.01 Å². The molecule has 0 aliphatic carbocycles. The summed E-state index contributed by atoms with van der Waals surface area (Å²) >= 11 is 0. The predicted octanol–water partition coefficient (Wildman–Crippen LogP) is 3.77. The number of aromatic nitrogens is 3. The molecule has 2 aromatic heterocycles. The van der Waals surface area contributed by atoms with Gasteiger partial charge in [-0.1, -0.05) is 36.3 Å². The number of halogens is 1. The highest BCUT2D eigenvalue weighted by molar-refractivity contribution is 6.02. The van der Waals surface area contributed by atoms with Crippen LogP contribution >= 0.6 is 0 Å². The number of pyridine rings is 1. The largest absolute Gasteiger partial charge is 0.467 e. The van der Waals surface area contributed by atoms with Gasteiger partial charge in [0.15, 0.2) is 5.82 Å². The fraction of sp³-hybridized carbons (Fsp3) is 0.240. The van der Waals surface area contributed by atoms with E-state index in [1.54, 1.807) is 6.20 Å². The van der Waals surface area contributed by atoms with Crippen LogP contribution in [0, 0.1) is 18.2 Å². The van der Waals surface area contributed by atoms with Gasteiger partial charge in [0.05, 0.1) is 12.5 Å². The Morgan fingerprint density at radius 2 is 2.03 bits per heavy atom. The summed E-state index contributed by atoms with van der Waals surface area (Å²) in [6.45, 7) is 4.47. The van der Waals surface area contributed by atoms with Gasteiger partial charge in [-0.2, -0.15) is 9.97 Å². The second-order valence-electron chi connectivity index (χ2n) is 7.82. The first-order valence-corrected chi connectivity index (χ1v) is 10.5. The number of benzene rings is 2. The molecule has 32 heavy (non-hydrogen) atoms. The van der Waals surface area contributed by atoms with Crippen molar-refractivity contribution in [1.29, 1.82) is 0 Å². The number of nitrogens with zero attached hydrogens (tertiary/aromatic N) is 4. The molecule has 0 bridgehead atoms. The molecule has 5 rings (SSSR count).